The maximum absolute atomic E-state index is 12.4. The van der Waals surface area contributed by atoms with Gasteiger partial charge in [-0.2, -0.15) is 5.26 Å². The summed E-state index contributed by atoms with van der Waals surface area (Å²) >= 11 is 0. The number of benzene rings is 2. The highest BCUT2D eigenvalue weighted by atomic mass is 16.5. The third kappa shape index (κ3) is 3.72. The van der Waals surface area contributed by atoms with E-state index in [9.17, 15) is 4.79 Å². The largest absolute Gasteiger partial charge is 0.493 e. The van der Waals surface area contributed by atoms with E-state index in [1.807, 2.05) is 54.6 Å². The molecule has 1 aliphatic heterocycles. The molecule has 1 aromatic heterocycles. The number of carbonyl (C=O) groups excluding carboxylic acids is 1. The first-order valence-corrected chi connectivity index (χ1v) is 9.21. The van der Waals surface area contributed by atoms with E-state index in [0.29, 0.717) is 24.3 Å². The highest BCUT2D eigenvalue weighted by molar-refractivity contribution is 5.94. The van der Waals surface area contributed by atoms with Gasteiger partial charge in [-0.25, -0.2) is 0 Å². The molecule has 5 heteroatoms. The van der Waals surface area contributed by atoms with Crippen LogP contribution < -0.4 is 10.1 Å². The number of aromatic nitrogens is 1. The SMILES string of the molecule is N#Cc1ccc2c(c1)C(CCNC(=O)c1ccc(-c3ccccn3)cc1)CO2. The molecule has 0 fully saturated rings. The molecule has 0 bridgehead atoms. The number of fused-ring (bicyclic) bond motifs is 1. The van der Waals surface area contributed by atoms with Gasteiger partial charge in [0.2, 0.25) is 0 Å². The van der Waals surface area contributed by atoms with Gasteiger partial charge >= 0.3 is 0 Å². The predicted octanol–water partition coefficient (Wildman–Crippen LogP) is 3.92. The van der Waals surface area contributed by atoms with Crippen molar-refractivity contribution in [3.8, 4) is 23.1 Å². The van der Waals surface area contributed by atoms with Crippen LogP contribution >= 0.6 is 0 Å². The normalized spacial score (nSPS) is 14.6. The van der Waals surface area contributed by atoms with Gasteiger partial charge in [0.15, 0.2) is 0 Å². The standard InChI is InChI=1S/C23H19N3O2/c24-14-16-4-9-22-20(13-16)19(15-28-22)10-12-26-23(27)18-7-5-17(6-8-18)21-3-1-2-11-25-21/h1-9,11,13,19H,10,12,15H2,(H,26,27). The van der Waals surface area contributed by atoms with Crippen LogP contribution in [0.25, 0.3) is 11.3 Å². The van der Waals surface area contributed by atoms with Gasteiger partial charge in [-0.3, -0.25) is 9.78 Å². The minimum Gasteiger partial charge on any atom is -0.493 e. The first-order chi connectivity index (χ1) is 13.7. The Bertz CT molecular complexity index is 1020. The van der Waals surface area contributed by atoms with Gasteiger partial charge in [0.25, 0.3) is 5.91 Å². The number of nitriles is 1. The van der Waals surface area contributed by atoms with E-state index < -0.39 is 0 Å². The number of nitrogens with one attached hydrogen (secondary N) is 1. The van der Waals surface area contributed by atoms with E-state index in [4.69, 9.17) is 10.00 Å². The minimum atomic E-state index is -0.0996. The van der Waals surface area contributed by atoms with Crippen LogP contribution in [0.5, 0.6) is 5.75 Å². The monoisotopic (exact) mass is 369 g/mol. The summed E-state index contributed by atoms with van der Waals surface area (Å²) in [5, 5.41) is 12.0. The van der Waals surface area contributed by atoms with E-state index in [-0.39, 0.29) is 11.8 Å². The maximum Gasteiger partial charge on any atom is 0.251 e. The van der Waals surface area contributed by atoms with Crippen molar-refractivity contribution in [2.75, 3.05) is 13.2 Å². The summed E-state index contributed by atoms with van der Waals surface area (Å²) in [6, 6.07) is 20.8. The molecule has 0 aliphatic carbocycles. The third-order valence-corrected chi connectivity index (χ3v) is 4.90. The van der Waals surface area contributed by atoms with Crippen molar-refractivity contribution in [2.45, 2.75) is 12.3 Å². The minimum absolute atomic E-state index is 0.0996. The Labute approximate surface area is 163 Å². The van der Waals surface area contributed by atoms with E-state index >= 15 is 0 Å². The van der Waals surface area contributed by atoms with Gasteiger partial charge in [0, 0.05) is 35.3 Å². The Hall–Kier alpha value is -3.65. The molecule has 1 N–H and O–H groups in total. The average Bonchev–Trinajstić information content (AvgIpc) is 3.16. The van der Waals surface area contributed by atoms with Crippen LogP contribution in [0.15, 0.2) is 66.9 Å². The predicted molar refractivity (Wildman–Crippen MR) is 106 cm³/mol. The number of amides is 1. The zero-order chi connectivity index (χ0) is 19.3. The van der Waals surface area contributed by atoms with Crippen molar-refractivity contribution in [2.24, 2.45) is 0 Å². The van der Waals surface area contributed by atoms with Crippen LogP contribution in [-0.2, 0) is 0 Å². The van der Waals surface area contributed by atoms with E-state index in [2.05, 4.69) is 16.4 Å². The van der Waals surface area contributed by atoms with Crippen molar-refractivity contribution < 1.29 is 9.53 Å². The molecule has 5 nitrogen and oxygen atoms in total. The molecule has 2 heterocycles. The number of hydrogen-bond acceptors (Lipinski definition) is 4. The Morgan fingerprint density at radius 1 is 1.18 bits per heavy atom. The first kappa shape index (κ1) is 17.7. The zero-order valence-electron chi connectivity index (χ0n) is 15.3. The Morgan fingerprint density at radius 2 is 2.04 bits per heavy atom. The second-order valence-corrected chi connectivity index (χ2v) is 6.71. The van der Waals surface area contributed by atoms with Crippen LogP contribution in [0.3, 0.4) is 0 Å². The lowest BCUT2D eigenvalue weighted by Crippen LogP contribution is -2.25. The fourth-order valence-electron chi connectivity index (χ4n) is 3.38. The number of carbonyl (C=O) groups is 1. The number of pyridine rings is 1. The van der Waals surface area contributed by atoms with Crippen LogP contribution in [0.1, 0.15) is 33.8 Å². The number of hydrogen-bond donors (Lipinski definition) is 1. The molecule has 0 radical (unpaired) electrons. The van der Waals surface area contributed by atoms with Crippen LogP contribution in [-0.4, -0.2) is 24.0 Å². The molecule has 1 aliphatic rings. The third-order valence-electron chi connectivity index (χ3n) is 4.90. The topological polar surface area (TPSA) is 75.0 Å². The van der Waals surface area contributed by atoms with E-state index in [1.54, 1.807) is 12.3 Å². The van der Waals surface area contributed by atoms with Crippen LogP contribution in [0, 0.1) is 11.3 Å². The summed E-state index contributed by atoms with van der Waals surface area (Å²) in [6.07, 6.45) is 2.51. The van der Waals surface area contributed by atoms with Gasteiger partial charge in [-0.15, -0.1) is 0 Å². The van der Waals surface area contributed by atoms with Gasteiger partial charge in [-0.1, -0.05) is 18.2 Å². The summed E-state index contributed by atoms with van der Waals surface area (Å²) in [5.41, 5.74) is 4.16. The fourth-order valence-corrected chi connectivity index (χ4v) is 3.38. The molecular weight excluding hydrogens is 350 g/mol. The number of rotatable bonds is 5. The highest BCUT2D eigenvalue weighted by Crippen LogP contribution is 2.36. The second kappa shape index (κ2) is 7.93. The Balaban J connectivity index is 1.34. The number of ether oxygens (including phenoxy) is 1. The molecule has 1 amide bonds. The fraction of sp³-hybridized carbons (Fsp3) is 0.174. The van der Waals surface area contributed by atoms with Crippen molar-refractivity contribution in [3.63, 3.8) is 0 Å². The summed E-state index contributed by atoms with van der Waals surface area (Å²) < 4.78 is 5.68. The first-order valence-electron chi connectivity index (χ1n) is 9.21. The molecule has 2 aromatic carbocycles. The van der Waals surface area contributed by atoms with Crippen LogP contribution in [0.2, 0.25) is 0 Å². The smallest absolute Gasteiger partial charge is 0.251 e. The lowest BCUT2D eigenvalue weighted by molar-refractivity contribution is 0.0952. The Kier molecular flexibility index (Phi) is 5.03. The second-order valence-electron chi connectivity index (χ2n) is 6.71. The van der Waals surface area contributed by atoms with Crippen molar-refractivity contribution >= 4 is 5.91 Å². The molecule has 4 rings (SSSR count). The van der Waals surface area contributed by atoms with E-state index in [1.165, 1.54) is 0 Å². The summed E-state index contributed by atoms with van der Waals surface area (Å²) in [5.74, 6) is 0.924. The maximum atomic E-state index is 12.4. The van der Waals surface area contributed by atoms with Crippen molar-refractivity contribution in [1.82, 2.24) is 10.3 Å². The van der Waals surface area contributed by atoms with Gasteiger partial charge in [0.05, 0.1) is 23.9 Å². The average molecular weight is 369 g/mol. The van der Waals surface area contributed by atoms with E-state index in [0.717, 1.165) is 29.0 Å². The van der Waals surface area contributed by atoms with Crippen molar-refractivity contribution in [1.29, 1.82) is 5.26 Å². The van der Waals surface area contributed by atoms with Gasteiger partial charge < -0.3 is 10.1 Å². The molecule has 0 saturated heterocycles. The summed E-state index contributed by atoms with van der Waals surface area (Å²) in [6.45, 7) is 1.13. The molecule has 1 atom stereocenters. The van der Waals surface area contributed by atoms with Gasteiger partial charge in [0.1, 0.15) is 5.75 Å². The quantitative estimate of drug-likeness (QED) is 0.740. The molecule has 28 heavy (non-hydrogen) atoms. The molecule has 1 unspecified atom stereocenters. The van der Waals surface area contributed by atoms with Gasteiger partial charge in [-0.05, 0) is 48.9 Å². The lowest BCUT2D eigenvalue weighted by atomic mass is 9.96. The molecule has 3 aromatic rings. The number of nitrogens with zero attached hydrogens (tertiary/aromatic N) is 2. The molecule has 0 saturated carbocycles. The Morgan fingerprint density at radius 3 is 2.79 bits per heavy atom. The van der Waals surface area contributed by atoms with Crippen molar-refractivity contribution in [3.05, 3.63) is 83.6 Å². The summed E-state index contributed by atoms with van der Waals surface area (Å²) in [4.78, 5) is 16.7. The molecule has 0 spiro atoms. The summed E-state index contributed by atoms with van der Waals surface area (Å²) in [7, 11) is 0. The molecule has 138 valence electrons. The zero-order valence-corrected chi connectivity index (χ0v) is 15.3. The molecular formula is C23H19N3O2. The van der Waals surface area contributed by atoms with Crippen LogP contribution in [0.4, 0.5) is 0 Å². The lowest BCUT2D eigenvalue weighted by Gasteiger charge is -2.10. The highest BCUT2D eigenvalue weighted by Gasteiger charge is 2.24.